The van der Waals surface area contributed by atoms with E-state index in [1.165, 1.54) is 0 Å². The Morgan fingerprint density at radius 3 is 2.15 bits per heavy atom. The molecule has 3 aromatic carbocycles. The third-order valence-electron chi connectivity index (χ3n) is 4.23. The van der Waals surface area contributed by atoms with Crippen molar-refractivity contribution in [3.05, 3.63) is 114 Å². The first-order valence-corrected chi connectivity index (χ1v) is 8.48. The van der Waals surface area contributed by atoms with Crippen LogP contribution < -0.4 is 0 Å². The SMILES string of the molecule is O=C(O[C@H](c1ccccc1)c1ccc2ccccc2n1)c1ccccc1. The number of ether oxygens (including phenoxy) is 1. The zero-order valence-corrected chi connectivity index (χ0v) is 14.1. The number of rotatable bonds is 4. The number of hydrogen-bond donors (Lipinski definition) is 0. The van der Waals surface area contributed by atoms with E-state index in [4.69, 9.17) is 9.72 Å². The second-order valence-electron chi connectivity index (χ2n) is 5.99. The van der Waals surface area contributed by atoms with E-state index in [1.807, 2.05) is 84.9 Å². The number of para-hydroxylation sites is 1. The van der Waals surface area contributed by atoms with Gasteiger partial charge in [0.1, 0.15) is 0 Å². The molecule has 4 aromatic rings. The predicted octanol–water partition coefficient (Wildman–Crippen LogP) is 5.18. The number of benzene rings is 3. The largest absolute Gasteiger partial charge is 0.447 e. The van der Waals surface area contributed by atoms with E-state index in [-0.39, 0.29) is 5.97 Å². The number of esters is 1. The number of hydrogen-bond acceptors (Lipinski definition) is 3. The van der Waals surface area contributed by atoms with E-state index in [2.05, 4.69) is 0 Å². The molecule has 3 heteroatoms. The van der Waals surface area contributed by atoms with Crippen molar-refractivity contribution in [2.75, 3.05) is 0 Å². The van der Waals surface area contributed by atoms with Gasteiger partial charge in [-0.05, 0) is 29.8 Å². The molecule has 1 aromatic heterocycles. The van der Waals surface area contributed by atoms with Crippen molar-refractivity contribution in [3.63, 3.8) is 0 Å². The molecule has 0 aliphatic rings. The molecular weight excluding hydrogens is 322 g/mol. The minimum Gasteiger partial charge on any atom is -0.447 e. The van der Waals surface area contributed by atoms with Crippen LogP contribution in [0.4, 0.5) is 0 Å². The summed E-state index contributed by atoms with van der Waals surface area (Å²) in [6, 6.07) is 30.5. The van der Waals surface area contributed by atoms with Gasteiger partial charge in [0.2, 0.25) is 0 Å². The molecule has 0 aliphatic heterocycles. The fourth-order valence-corrected chi connectivity index (χ4v) is 2.90. The normalized spacial score (nSPS) is 11.8. The molecule has 0 bridgehead atoms. The van der Waals surface area contributed by atoms with Crippen molar-refractivity contribution in [3.8, 4) is 0 Å². The van der Waals surface area contributed by atoms with Crippen LogP contribution in [0.15, 0.2) is 97.1 Å². The van der Waals surface area contributed by atoms with Gasteiger partial charge in [-0.1, -0.05) is 72.8 Å². The van der Waals surface area contributed by atoms with Crippen LogP contribution in [0.2, 0.25) is 0 Å². The lowest BCUT2D eigenvalue weighted by molar-refractivity contribution is 0.0371. The molecular formula is C23H17NO2. The minimum absolute atomic E-state index is 0.366. The number of aromatic nitrogens is 1. The van der Waals surface area contributed by atoms with Crippen LogP contribution in [0.1, 0.15) is 27.7 Å². The minimum atomic E-state index is -0.562. The van der Waals surface area contributed by atoms with Gasteiger partial charge in [0.15, 0.2) is 6.10 Å². The monoisotopic (exact) mass is 339 g/mol. The summed E-state index contributed by atoms with van der Waals surface area (Å²) < 4.78 is 5.86. The molecule has 0 aliphatic carbocycles. The Balaban J connectivity index is 1.74. The lowest BCUT2D eigenvalue weighted by Gasteiger charge is -2.18. The molecule has 1 atom stereocenters. The highest BCUT2D eigenvalue weighted by Crippen LogP contribution is 2.27. The van der Waals surface area contributed by atoms with E-state index < -0.39 is 6.10 Å². The van der Waals surface area contributed by atoms with Gasteiger partial charge in [-0.15, -0.1) is 0 Å². The lowest BCUT2D eigenvalue weighted by Crippen LogP contribution is -2.14. The van der Waals surface area contributed by atoms with E-state index in [0.29, 0.717) is 11.3 Å². The Morgan fingerprint density at radius 2 is 1.38 bits per heavy atom. The van der Waals surface area contributed by atoms with Crippen LogP contribution in [-0.2, 0) is 4.74 Å². The zero-order valence-electron chi connectivity index (χ0n) is 14.1. The molecule has 0 amide bonds. The Labute approximate surface area is 151 Å². The summed E-state index contributed by atoms with van der Waals surface area (Å²) in [4.78, 5) is 17.3. The molecule has 0 saturated carbocycles. The summed E-state index contributed by atoms with van der Waals surface area (Å²) >= 11 is 0. The molecule has 1 heterocycles. The smallest absolute Gasteiger partial charge is 0.339 e. The second kappa shape index (κ2) is 7.19. The maximum atomic E-state index is 12.6. The van der Waals surface area contributed by atoms with Gasteiger partial charge in [-0.3, -0.25) is 0 Å². The maximum absolute atomic E-state index is 12.6. The third-order valence-corrected chi connectivity index (χ3v) is 4.23. The Morgan fingerprint density at radius 1 is 0.731 bits per heavy atom. The van der Waals surface area contributed by atoms with Crippen molar-refractivity contribution in [1.82, 2.24) is 4.98 Å². The summed E-state index contributed by atoms with van der Waals surface area (Å²) in [5.74, 6) is -0.366. The Hall–Kier alpha value is -3.46. The molecule has 26 heavy (non-hydrogen) atoms. The fourth-order valence-electron chi connectivity index (χ4n) is 2.90. The topological polar surface area (TPSA) is 39.2 Å². The van der Waals surface area contributed by atoms with Gasteiger partial charge in [0, 0.05) is 5.39 Å². The van der Waals surface area contributed by atoms with Gasteiger partial charge in [0.25, 0.3) is 0 Å². The van der Waals surface area contributed by atoms with Crippen molar-refractivity contribution < 1.29 is 9.53 Å². The standard InChI is InChI=1S/C23H17NO2/c25-23(19-12-5-2-6-13-19)26-22(18-10-3-1-4-11-18)21-16-15-17-9-7-8-14-20(17)24-21/h1-16,22H/t22-/m1/s1. The highest BCUT2D eigenvalue weighted by atomic mass is 16.5. The highest BCUT2D eigenvalue weighted by Gasteiger charge is 2.21. The summed E-state index contributed by atoms with van der Waals surface area (Å²) in [6.45, 7) is 0. The van der Waals surface area contributed by atoms with E-state index >= 15 is 0 Å². The molecule has 0 radical (unpaired) electrons. The third kappa shape index (κ3) is 3.33. The first kappa shape index (κ1) is 16.0. The van der Waals surface area contributed by atoms with E-state index in [0.717, 1.165) is 16.5 Å². The predicted molar refractivity (Wildman–Crippen MR) is 102 cm³/mol. The summed E-state index contributed by atoms with van der Waals surface area (Å²) in [5, 5.41) is 1.05. The van der Waals surface area contributed by atoms with Crippen LogP contribution in [0.25, 0.3) is 10.9 Å². The lowest BCUT2D eigenvalue weighted by atomic mass is 10.0. The first-order valence-electron chi connectivity index (χ1n) is 8.48. The van der Waals surface area contributed by atoms with Gasteiger partial charge in [-0.2, -0.15) is 0 Å². The number of nitrogens with zero attached hydrogens (tertiary/aromatic N) is 1. The first-order chi connectivity index (χ1) is 12.8. The maximum Gasteiger partial charge on any atom is 0.339 e. The van der Waals surface area contributed by atoms with Gasteiger partial charge < -0.3 is 4.74 Å². The van der Waals surface area contributed by atoms with Crippen molar-refractivity contribution in [2.45, 2.75) is 6.10 Å². The number of pyridine rings is 1. The van der Waals surface area contributed by atoms with Crippen molar-refractivity contribution >= 4 is 16.9 Å². The highest BCUT2D eigenvalue weighted by molar-refractivity contribution is 5.89. The van der Waals surface area contributed by atoms with Gasteiger partial charge in [-0.25, -0.2) is 9.78 Å². The van der Waals surface area contributed by atoms with Crippen LogP contribution >= 0.6 is 0 Å². The fraction of sp³-hybridized carbons (Fsp3) is 0.0435. The molecule has 4 rings (SSSR count). The molecule has 0 fully saturated rings. The zero-order chi connectivity index (χ0) is 17.8. The number of carbonyl (C=O) groups excluding carboxylic acids is 1. The van der Waals surface area contributed by atoms with E-state index in [1.54, 1.807) is 12.1 Å². The van der Waals surface area contributed by atoms with Crippen LogP contribution in [0.5, 0.6) is 0 Å². The number of fused-ring (bicyclic) bond motifs is 1. The summed E-state index contributed by atoms with van der Waals surface area (Å²) in [5.41, 5.74) is 3.00. The molecule has 0 spiro atoms. The molecule has 3 nitrogen and oxygen atoms in total. The van der Waals surface area contributed by atoms with Crippen molar-refractivity contribution in [1.29, 1.82) is 0 Å². The van der Waals surface area contributed by atoms with Gasteiger partial charge >= 0.3 is 5.97 Å². The average Bonchev–Trinajstić information content (AvgIpc) is 2.73. The van der Waals surface area contributed by atoms with E-state index in [9.17, 15) is 4.79 Å². The number of carbonyl (C=O) groups is 1. The second-order valence-corrected chi connectivity index (χ2v) is 5.99. The molecule has 0 N–H and O–H groups in total. The summed E-state index contributed by atoms with van der Waals surface area (Å²) in [7, 11) is 0. The van der Waals surface area contributed by atoms with Crippen molar-refractivity contribution in [2.24, 2.45) is 0 Å². The summed E-state index contributed by atoms with van der Waals surface area (Å²) in [6.07, 6.45) is -0.562. The quantitative estimate of drug-likeness (QED) is 0.481. The molecule has 0 unspecified atom stereocenters. The average molecular weight is 339 g/mol. The molecule has 0 saturated heterocycles. The van der Waals surface area contributed by atoms with Gasteiger partial charge in [0.05, 0.1) is 16.8 Å². The van der Waals surface area contributed by atoms with Crippen LogP contribution in [-0.4, -0.2) is 11.0 Å². The van der Waals surface area contributed by atoms with Crippen LogP contribution in [0.3, 0.4) is 0 Å². The Bertz CT molecular complexity index is 1030. The van der Waals surface area contributed by atoms with Crippen LogP contribution in [0, 0.1) is 0 Å². The Kier molecular flexibility index (Phi) is 4.44. The molecule has 126 valence electrons.